The van der Waals surface area contributed by atoms with Crippen molar-refractivity contribution in [1.29, 1.82) is 5.26 Å². The molecule has 2 aromatic carbocycles. The summed E-state index contributed by atoms with van der Waals surface area (Å²) in [5.41, 5.74) is 3.21. The predicted octanol–water partition coefficient (Wildman–Crippen LogP) is 3.56. The third-order valence-electron chi connectivity index (χ3n) is 3.71. The minimum Gasteiger partial charge on any atom is -0.375 e. The molecule has 3 nitrogen and oxygen atoms in total. The number of nitrogens with zero attached hydrogens (tertiary/aromatic N) is 2. The summed E-state index contributed by atoms with van der Waals surface area (Å²) in [6, 6.07) is 20.4. The summed E-state index contributed by atoms with van der Waals surface area (Å²) in [6.45, 7) is 2.95. The van der Waals surface area contributed by atoms with Crippen molar-refractivity contribution in [3.05, 3.63) is 65.7 Å². The highest BCUT2D eigenvalue weighted by Crippen LogP contribution is 2.11. The van der Waals surface area contributed by atoms with Crippen molar-refractivity contribution in [2.75, 3.05) is 25.0 Å². The highest BCUT2D eigenvalue weighted by atomic mass is 15.1. The van der Waals surface area contributed by atoms with Crippen LogP contribution >= 0.6 is 0 Å². The number of hydrogen-bond acceptors (Lipinski definition) is 3. The molecular formula is C19H23N3. The van der Waals surface area contributed by atoms with Gasteiger partial charge in [-0.1, -0.05) is 30.3 Å². The number of benzene rings is 2. The highest BCUT2D eigenvalue weighted by Gasteiger charge is 1.99. The molecule has 0 spiro atoms. The van der Waals surface area contributed by atoms with E-state index in [1.165, 1.54) is 17.7 Å². The quantitative estimate of drug-likeness (QED) is 0.756. The van der Waals surface area contributed by atoms with Gasteiger partial charge in [-0.05, 0) is 49.2 Å². The summed E-state index contributed by atoms with van der Waals surface area (Å²) in [6.07, 6.45) is 2.33. The molecule has 0 aliphatic rings. The zero-order valence-corrected chi connectivity index (χ0v) is 13.1. The molecular weight excluding hydrogens is 270 g/mol. The first-order valence-electron chi connectivity index (χ1n) is 7.75. The van der Waals surface area contributed by atoms with E-state index in [4.69, 9.17) is 5.26 Å². The molecule has 0 fully saturated rings. The average Bonchev–Trinajstić information content (AvgIpc) is 2.59. The largest absolute Gasteiger partial charge is 0.375 e. The van der Waals surface area contributed by atoms with Crippen LogP contribution in [0.4, 0.5) is 5.69 Å². The van der Waals surface area contributed by atoms with Crippen LogP contribution in [0.15, 0.2) is 54.6 Å². The van der Waals surface area contributed by atoms with Gasteiger partial charge >= 0.3 is 0 Å². The third kappa shape index (κ3) is 5.23. The Kier molecular flexibility index (Phi) is 6.47. The van der Waals surface area contributed by atoms with Crippen LogP contribution in [0.3, 0.4) is 0 Å². The van der Waals surface area contributed by atoms with E-state index in [-0.39, 0.29) is 0 Å². The third-order valence-corrected chi connectivity index (χ3v) is 3.71. The van der Waals surface area contributed by atoms with Crippen LogP contribution in [0, 0.1) is 11.3 Å². The molecule has 0 radical (unpaired) electrons. The summed E-state index contributed by atoms with van der Waals surface area (Å²) in [5.74, 6) is 0. The molecule has 0 heterocycles. The Bertz CT molecular complexity index is 584. The highest BCUT2D eigenvalue weighted by molar-refractivity contribution is 5.44. The van der Waals surface area contributed by atoms with E-state index in [0.29, 0.717) is 5.56 Å². The fraction of sp³-hybridized carbons (Fsp3) is 0.316. The first-order chi connectivity index (χ1) is 10.8. The number of nitrogens with one attached hydrogen (secondary N) is 1. The van der Waals surface area contributed by atoms with E-state index in [1.807, 2.05) is 30.3 Å². The summed E-state index contributed by atoms with van der Waals surface area (Å²) < 4.78 is 0. The Morgan fingerprint density at radius 3 is 2.41 bits per heavy atom. The Labute approximate surface area is 133 Å². The second kappa shape index (κ2) is 8.86. The molecule has 1 N–H and O–H groups in total. The first kappa shape index (κ1) is 16.1. The van der Waals surface area contributed by atoms with E-state index >= 15 is 0 Å². The molecule has 0 aromatic heterocycles. The smallest absolute Gasteiger partial charge is 0.0991 e. The van der Waals surface area contributed by atoms with Crippen LogP contribution in [0.2, 0.25) is 0 Å². The number of hydrogen-bond donors (Lipinski definition) is 1. The van der Waals surface area contributed by atoms with E-state index in [9.17, 15) is 0 Å². The van der Waals surface area contributed by atoms with Crippen molar-refractivity contribution in [3.63, 3.8) is 0 Å². The van der Waals surface area contributed by atoms with E-state index in [0.717, 1.165) is 26.1 Å². The normalized spacial score (nSPS) is 10.2. The predicted molar refractivity (Wildman–Crippen MR) is 91.8 cm³/mol. The molecule has 2 aromatic rings. The molecule has 3 heteroatoms. The lowest BCUT2D eigenvalue weighted by atomic mass is 10.1. The van der Waals surface area contributed by atoms with Gasteiger partial charge in [0.25, 0.3) is 0 Å². The van der Waals surface area contributed by atoms with Crippen LogP contribution < -0.4 is 10.2 Å². The van der Waals surface area contributed by atoms with E-state index < -0.39 is 0 Å². The number of rotatable bonds is 8. The summed E-state index contributed by atoms with van der Waals surface area (Å²) >= 11 is 0. The Morgan fingerprint density at radius 2 is 1.73 bits per heavy atom. The van der Waals surface area contributed by atoms with E-state index in [2.05, 4.69) is 47.6 Å². The molecule has 0 aliphatic carbocycles. The maximum Gasteiger partial charge on any atom is 0.0991 e. The summed E-state index contributed by atoms with van der Waals surface area (Å²) in [5, 5.41) is 12.2. The van der Waals surface area contributed by atoms with Crippen molar-refractivity contribution in [2.24, 2.45) is 0 Å². The molecule has 22 heavy (non-hydrogen) atoms. The van der Waals surface area contributed by atoms with Gasteiger partial charge in [0.05, 0.1) is 11.6 Å². The van der Waals surface area contributed by atoms with Gasteiger partial charge in [0, 0.05) is 25.8 Å². The first-order valence-corrected chi connectivity index (χ1v) is 7.75. The molecule has 2 rings (SSSR count). The summed E-state index contributed by atoms with van der Waals surface area (Å²) in [7, 11) is 2.14. The van der Waals surface area contributed by atoms with Gasteiger partial charge in [-0.2, -0.15) is 5.26 Å². The average molecular weight is 293 g/mol. The van der Waals surface area contributed by atoms with Gasteiger partial charge in [-0.3, -0.25) is 0 Å². The molecule has 0 atom stereocenters. The van der Waals surface area contributed by atoms with Crippen LogP contribution in [-0.4, -0.2) is 20.1 Å². The topological polar surface area (TPSA) is 39.1 Å². The van der Waals surface area contributed by atoms with Crippen molar-refractivity contribution in [2.45, 2.75) is 19.4 Å². The SMILES string of the molecule is CN(CCCCNCc1ccc(C#N)cc1)c1ccccc1. The molecule has 0 bridgehead atoms. The molecule has 0 aliphatic heterocycles. The Balaban J connectivity index is 1.58. The van der Waals surface area contributed by atoms with Gasteiger partial charge in [0.1, 0.15) is 0 Å². The molecule has 0 saturated carbocycles. The zero-order valence-electron chi connectivity index (χ0n) is 13.1. The minimum absolute atomic E-state index is 0.715. The summed E-state index contributed by atoms with van der Waals surface area (Å²) in [4.78, 5) is 2.29. The molecule has 0 amide bonds. The van der Waals surface area contributed by atoms with Gasteiger partial charge in [0.15, 0.2) is 0 Å². The van der Waals surface area contributed by atoms with Gasteiger partial charge in [-0.15, -0.1) is 0 Å². The standard InChI is InChI=1S/C19H23N3/c1-22(19-7-3-2-4-8-19)14-6-5-13-21-16-18-11-9-17(15-20)10-12-18/h2-4,7-12,21H,5-6,13-14,16H2,1H3. The van der Waals surface area contributed by atoms with Crippen molar-refractivity contribution < 1.29 is 0 Å². The monoisotopic (exact) mass is 293 g/mol. The maximum absolute atomic E-state index is 8.76. The Morgan fingerprint density at radius 1 is 1.00 bits per heavy atom. The minimum atomic E-state index is 0.715. The maximum atomic E-state index is 8.76. The second-order valence-electron chi connectivity index (χ2n) is 5.45. The number of para-hydroxylation sites is 1. The molecule has 114 valence electrons. The van der Waals surface area contributed by atoms with Gasteiger partial charge in [0.2, 0.25) is 0 Å². The number of anilines is 1. The van der Waals surface area contributed by atoms with Crippen LogP contribution in [0.5, 0.6) is 0 Å². The number of nitriles is 1. The van der Waals surface area contributed by atoms with Crippen LogP contribution in [-0.2, 0) is 6.54 Å². The Hall–Kier alpha value is -2.31. The van der Waals surface area contributed by atoms with Crippen molar-refractivity contribution in [1.82, 2.24) is 5.32 Å². The van der Waals surface area contributed by atoms with E-state index in [1.54, 1.807) is 0 Å². The molecule has 0 unspecified atom stereocenters. The number of unbranched alkanes of at least 4 members (excludes halogenated alkanes) is 1. The fourth-order valence-corrected chi connectivity index (χ4v) is 2.34. The zero-order chi connectivity index (χ0) is 15.6. The van der Waals surface area contributed by atoms with Gasteiger partial charge in [-0.25, -0.2) is 0 Å². The lowest BCUT2D eigenvalue weighted by Crippen LogP contribution is -2.20. The van der Waals surface area contributed by atoms with Crippen LogP contribution in [0.1, 0.15) is 24.0 Å². The lowest BCUT2D eigenvalue weighted by molar-refractivity contribution is 0.621. The molecule has 0 saturated heterocycles. The lowest BCUT2D eigenvalue weighted by Gasteiger charge is -2.19. The fourth-order valence-electron chi connectivity index (χ4n) is 2.34. The van der Waals surface area contributed by atoms with Crippen molar-refractivity contribution >= 4 is 5.69 Å². The second-order valence-corrected chi connectivity index (χ2v) is 5.45. The van der Waals surface area contributed by atoms with Gasteiger partial charge < -0.3 is 10.2 Å². The van der Waals surface area contributed by atoms with Crippen molar-refractivity contribution in [3.8, 4) is 6.07 Å². The van der Waals surface area contributed by atoms with Crippen LogP contribution in [0.25, 0.3) is 0 Å².